The molecule has 1 aromatic heterocycles. The van der Waals surface area contributed by atoms with Crippen molar-refractivity contribution in [1.82, 2.24) is 10.1 Å². The van der Waals surface area contributed by atoms with Crippen molar-refractivity contribution in [2.45, 2.75) is 58.1 Å². The van der Waals surface area contributed by atoms with E-state index < -0.39 is 5.60 Å². The third-order valence-corrected chi connectivity index (χ3v) is 3.30. The highest BCUT2D eigenvalue weighted by Crippen LogP contribution is 2.30. The van der Waals surface area contributed by atoms with Crippen LogP contribution < -0.4 is 5.73 Å². The minimum atomic E-state index is -0.451. The first-order valence-electron chi connectivity index (χ1n) is 6.28. The van der Waals surface area contributed by atoms with E-state index in [1.807, 2.05) is 0 Å². The summed E-state index contributed by atoms with van der Waals surface area (Å²) in [5.74, 6) is 1.11. The third-order valence-electron chi connectivity index (χ3n) is 3.30. The van der Waals surface area contributed by atoms with E-state index in [2.05, 4.69) is 30.9 Å². The molecule has 0 bridgehead atoms. The summed E-state index contributed by atoms with van der Waals surface area (Å²) in [4.78, 5) is 4.39. The molecule has 0 saturated heterocycles. The Morgan fingerprint density at radius 3 is 2.47 bits per heavy atom. The number of hydrogen-bond acceptors (Lipinski definition) is 5. The molecule has 0 amide bonds. The predicted octanol–water partition coefficient (Wildman–Crippen LogP) is 2.53. The molecule has 0 aliphatic rings. The van der Waals surface area contributed by atoms with Crippen molar-refractivity contribution < 1.29 is 9.26 Å². The molecule has 1 aromatic rings. The van der Waals surface area contributed by atoms with Crippen molar-refractivity contribution >= 4 is 0 Å². The Morgan fingerprint density at radius 1 is 1.35 bits per heavy atom. The second kappa shape index (κ2) is 6.12. The monoisotopic (exact) mass is 241 g/mol. The van der Waals surface area contributed by atoms with Gasteiger partial charge in [-0.05, 0) is 19.3 Å². The number of aromatic nitrogens is 2. The van der Waals surface area contributed by atoms with Crippen LogP contribution in [0.4, 0.5) is 0 Å². The molecule has 0 aromatic carbocycles. The molecule has 98 valence electrons. The fourth-order valence-electron chi connectivity index (χ4n) is 1.95. The molecule has 0 unspecified atom stereocenters. The predicted molar refractivity (Wildman–Crippen MR) is 65.4 cm³/mol. The van der Waals surface area contributed by atoms with Crippen LogP contribution in [0.3, 0.4) is 0 Å². The summed E-state index contributed by atoms with van der Waals surface area (Å²) in [5, 5.41) is 4.01. The van der Waals surface area contributed by atoms with Crippen LogP contribution >= 0.6 is 0 Å². The molecule has 0 aliphatic heterocycles. The highest BCUT2D eigenvalue weighted by atomic mass is 16.5. The Bertz CT molecular complexity index is 326. The first-order chi connectivity index (χ1) is 8.13. The van der Waals surface area contributed by atoms with Crippen molar-refractivity contribution in [1.29, 1.82) is 0 Å². The Labute approximate surface area is 103 Å². The highest BCUT2D eigenvalue weighted by molar-refractivity contribution is 5.02. The molecule has 17 heavy (non-hydrogen) atoms. The van der Waals surface area contributed by atoms with Crippen LogP contribution in [0.15, 0.2) is 4.52 Å². The minimum absolute atomic E-state index is 0.176. The van der Waals surface area contributed by atoms with Gasteiger partial charge in [0, 0.05) is 7.11 Å². The molecule has 1 heterocycles. The van der Waals surface area contributed by atoms with Crippen molar-refractivity contribution in [2.24, 2.45) is 5.73 Å². The van der Waals surface area contributed by atoms with Crippen molar-refractivity contribution in [3.63, 3.8) is 0 Å². The quantitative estimate of drug-likeness (QED) is 0.794. The summed E-state index contributed by atoms with van der Waals surface area (Å²) in [6.45, 7) is 6.18. The van der Waals surface area contributed by atoms with E-state index in [9.17, 15) is 0 Å². The average molecular weight is 241 g/mol. The smallest absolute Gasteiger partial charge is 0.243 e. The molecular formula is C12H23N3O2. The molecular weight excluding hydrogens is 218 g/mol. The number of nitrogens with zero attached hydrogens (tertiary/aromatic N) is 2. The van der Waals surface area contributed by atoms with E-state index in [-0.39, 0.29) is 6.04 Å². The van der Waals surface area contributed by atoms with Crippen LogP contribution in [0.2, 0.25) is 0 Å². The normalized spacial score (nSPS) is 13.9. The molecule has 0 spiro atoms. The second-order valence-corrected chi connectivity index (χ2v) is 4.26. The maximum absolute atomic E-state index is 5.95. The van der Waals surface area contributed by atoms with Crippen molar-refractivity contribution in [3.8, 4) is 0 Å². The van der Waals surface area contributed by atoms with E-state index in [1.165, 1.54) is 0 Å². The summed E-state index contributed by atoms with van der Waals surface area (Å²) < 4.78 is 10.8. The van der Waals surface area contributed by atoms with Gasteiger partial charge in [0.15, 0.2) is 0 Å². The number of methoxy groups -OCH3 is 1. The summed E-state index contributed by atoms with van der Waals surface area (Å²) in [6.07, 6.45) is 3.46. The van der Waals surface area contributed by atoms with E-state index >= 15 is 0 Å². The summed E-state index contributed by atoms with van der Waals surface area (Å²) in [5.41, 5.74) is 5.50. The van der Waals surface area contributed by atoms with Gasteiger partial charge in [-0.25, -0.2) is 0 Å². The van der Waals surface area contributed by atoms with E-state index in [1.54, 1.807) is 7.11 Å². The van der Waals surface area contributed by atoms with Gasteiger partial charge in [0.05, 0.1) is 6.04 Å². The van der Waals surface area contributed by atoms with Crippen LogP contribution in [0.25, 0.3) is 0 Å². The van der Waals surface area contributed by atoms with Crippen LogP contribution in [0.1, 0.15) is 64.2 Å². The molecule has 0 aliphatic carbocycles. The Kier molecular flexibility index (Phi) is 5.08. The topological polar surface area (TPSA) is 74.2 Å². The Balaban J connectivity index is 2.92. The summed E-state index contributed by atoms with van der Waals surface area (Å²) >= 11 is 0. The number of hydrogen-bond donors (Lipinski definition) is 1. The maximum Gasteiger partial charge on any atom is 0.243 e. The maximum atomic E-state index is 5.95. The van der Waals surface area contributed by atoms with Gasteiger partial charge in [0.25, 0.3) is 0 Å². The van der Waals surface area contributed by atoms with E-state index in [4.69, 9.17) is 15.0 Å². The molecule has 5 heteroatoms. The van der Waals surface area contributed by atoms with Crippen LogP contribution in [0, 0.1) is 0 Å². The van der Waals surface area contributed by atoms with Gasteiger partial charge in [-0.1, -0.05) is 32.3 Å². The molecule has 2 N–H and O–H groups in total. The number of ether oxygens (including phenoxy) is 1. The van der Waals surface area contributed by atoms with Gasteiger partial charge >= 0.3 is 0 Å². The van der Waals surface area contributed by atoms with E-state index in [0.29, 0.717) is 11.7 Å². The Morgan fingerprint density at radius 2 is 2.00 bits per heavy atom. The zero-order valence-electron chi connectivity index (χ0n) is 11.2. The molecule has 1 atom stereocenters. The number of rotatable bonds is 7. The van der Waals surface area contributed by atoms with Crippen LogP contribution in [-0.2, 0) is 10.3 Å². The fourth-order valence-corrected chi connectivity index (χ4v) is 1.95. The lowest BCUT2D eigenvalue weighted by Crippen LogP contribution is -2.28. The largest absolute Gasteiger partial charge is 0.370 e. The fraction of sp³-hybridized carbons (Fsp3) is 0.833. The van der Waals surface area contributed by atoms with Gasteiger partial charge in [-0.2, -0.15) is 4.98 Å². The van der Waals surface area contributed by atoms with Gasteiger partial charge in [0.1, 0.15) is 5.60 Å². The summed E-state index contributed by atoms with van der Waals surface area (Å²) in [6, 6.07) is -0.176. The molecule has 0 radical (unpaired) electrons. The lowest BCUT2D eigenvalue weighted by atomic mass is 9.96. The summed E-state index contributed by atoms with van der Waals surface area (Å²) in [7, 11) is 1.68. The zero-order valence-corrected chi connectivity index (χ0v) is 11.2. The van der Waals surface area contributed by atoms with Crippen LogP contribution in [-0.4, -0.2) is 17.3 Å². The number of nitrogens with two attached hydrogens (primary N) is 1. The average Bonchev–Trinajstić information content (AvgIpc) is 2.83. The Hall–Kier alpha value is -0.940. The minimum Gasteiger partial charge on any atom is -0.370 e. The van der Waals surface area contributed by atoms with Gasteiger partial charge in [-0.15, -0.1) is 0 Å². The molecule has 5 nitrogen and oxygen atoms in total. The molecule has 0 fully saturated rings. The molecule has 1 rings (SSSR count). The van der Waals surface area contributed by atoms with Crippen molar-refractivity contribution in [2.75, 3.05) is 7.11 Å². The third kappa shape index (κ3) is 2.84. The van der Waals surface area contributed by atoms with E-state index in [0.717, 1.165) is 25.7 Å². The first-order valence-corrected chi connectivity index (χ1v) is 6.28. The lowest BCUT2D eigenvalue weighted by molar-refractivity contribution is -0.0306. The zero-order chi connectivity index (χ0) is 12.9. The van der Waals surface area contributed by atoms with Gasteiger partial charge in [-0.3, -0.25) is 0 Å². The second-order valence-electron chi connectivity index (χ2n) is 4.26. The van der Waals surface area contributed by atoms with Crippen LogP contribution in [0.5, 0.6) is 0 Å². The SMILES string of the molecule is CCC[C@@H](N)c1nc(C(CC)(CC)OC)no1. The first kappa shape index (κ1) is 14.1. The van der Waals surface area contributed by atoms with Gasteiger partial charge < -0.3 is 15.0 Å². The molecule has 0 saturated carbocycles. The highest BCUT2D eigenvalue weighted by Gasteiger charge is 2.34. The standard InChI is InChI=1S/C12H23N3O2/c1-5-8-9(13)10-14-11(15-17-10)12(6-2,7-3)16-4/h9H,5-8,13H2,1-4H3/t9-/m1/s1. The lowest BCUT2D eigenvalue weighted by Gasteiger charge is -2.25. The van der Waals surface area contributed by atoms with Crippen molar-refractivity contribution in [3.05, 3.63) is 11.7 Å². The van der Waals surface area contributed by atoms with Gasteiger partial charge in [0.2, 0.25) is 11.7 Å².